The Morgan fingerprint density at radius 3 is 2.81 bits per heavy atom. The van der Waals surface area contributed by atoms with E-state index in [1.54, 1.807) is 24.0 Å². The van der Waals surface area contributed by atoms with Crippen LogP contribution < -0.4 is 15.8 Å². The molecule has 8 nitrogen and oxygen atoms in total. The molecule has 1 unspecified atom stereocenters. The molecule has 1 aliphatic heterocycles. The van der Waals surface area contributed by atoms with Crippen LogP contribution >= 0.6 is 0 Å². The van der Waals surface area contributed by atoms with Gasteiger partial charge in [-0.1, -0.05) is 6.92 Å². The molecule has 1 saturated heterocycles. The van der Waals surface area contributed by atoms with Gasteiger partial charge in [0.1, 0.15) is 6.54 Å². The Morgan fingerprint density at radius 1 is 1.37 bits per heavy atom. The minimum Gasteiger partial charge on any atom is -0.370 e. The van der Waals surface area contributed by atoms with Crippen molar-refractivity contribution in [2.45, 2.75) is 40.2 Å². The molecule has 1 N–H and O–H groups in total. The van der Waals surface area contributed by atoms with Gasteiger partial charge in [-0.2, -0.15) is 10.2 Å². The number of nitrogens with zero attached hydrogens (tertiary/aromatic N) is 5. The number of aryl methyl sites for hydroxylation is 2. The maximum Gasteiger partial charge on any atom is 0.268 e. The molecule has 3 heterocycles. The number of rotatable bonds is 6. The SMILES string of the molecule is CCc1c(C)nn(CC(=O)NCC2CCN(c3cnn(C)c(=O)c3)C2)c1C. The molecule has 0 aliphatic carbocycles. The van der Waals surface area contributed by atoms with E-state index in [9.17, 15) is 9.59 Å². The van der Waals surface area contributed by atoms with E-state index in [0.29, 0.717) is 12.5 Å². The van der Waals surface area contributed by atoms with Gasteiger partial charge in [0, 0.05) is 38.4 Å². The Balaban J connectivity index is 1.51. The second-order valence-electron chi connectivity index (χ2n) is 7.24. The Hall–Kier alpha value is -2.64. The second-order valence-corrected chi connectivity index (χ2v) is 7.24. The van der Waals surface area contributed by atoms with Crippen molar-refractivity contribution in [3.63, 3.8) is 0 Å². The van der Waals surface area contributed by atoms with Crippen LogP contribution in [0.1, 0.15) is 30.3 Å². The molecule has 8 heteroatoms. The Labute approximate surface area is 159 Å². The number of hydrogen-bond acceptors (Lipinski definition) is 5. The summed E-state index contributed by atoms with van der Waals surface area (Å²) in [4.78, 5) is 26.2. The first kappa shape index (κ1) is 19.1. The van der Waals surface area contributed by atoms with E-state index in [-0.39, 0.29) is 18.0 Å². The molecule has 1 aliphatic rings. The van der Waals surface area contributed by atoms with Crippen LogP contribution in [-0.4, -0.2) is 45.1 Å². The van der Waals surface area contributed by atoms with E-state index in [1.807, 2.05) is 13.8 Å². The van der Waals surface area contributed by atoms with Crippen molar-refractivity contribution in [1.29, 1.82) is 0 Å². The average Bonchev–Trinajstić information content (AvgIpc) is 3.20. The van der Waals surface area contributed by atoms with Gasteiger partial charge in [-0.3, -0.25) is 14.3 Å². The van der Waals surface area contributed by atoms with E-state index in [2.05, 4.69) is 27.3 Å². The second kappa shape index (κ2) is 7.94. The summed E-state index contributed by atoms with van der Waals surface area (Å²) < 4.78 is 3.11. The number of hydrogen-bond donors (Lipinski definition) is 1. The molecule has 1 amide bonds. The predicted molar refractivity (Wildman–Crippen MR) is 104 cm³/mol. The van der Waals surface area contributed by atoms with Gasteiger partial charge in [-0.25, -0.2) is 4.68 Å². The predicted octanol–water partition coefficient (Wildman–Crippen LogP) is 0.799. The molecule has 0 spiro atoms. The highest BCUT2D eigenvalue weighted by molar-refractivity contribution is 5.75. The van der Waals surface area contributed by atoms with Crippen molar-refractivity contribution in [3.8, 4) is 0 Å². The number of amides is 1. The Bertz CT molecular complexity index is 885. The summed E-state index contributed by atoms with van der Waals surface area (Å²) in [5.41, 5.74) is 4.02. The van der Waals surface area contributed by atoms with Crippen molar-refractivity contribution < 1.29 is 4.79 Å². The molecule has 2 aromatic heterocycles. The fraction of sp³-hybridized carbons (Fsp3) is 0.579. The largest absolute Gasteiger partial charge is 0.370 e. The van der Waals surface area contributed by atoms with Gasteiger partial charge in [-0.05, 0) is 38.2 Å². The average molecular weight is 372 g/mol. The molecule has 27 heavy (non-hydrogen) atoms. The van der Waals surface area contributed by atoms with Gasteiger partial charge in [0.2, 0.25) is 5.91 Å². The third kappa shape index (κ3) is 4.20. The molecule has 2 aromatic rings. The van der Waals surface area contributed by atoms with E-state index in [0.717, 1.165) is 43.0 Å². The molecule has 1 atom stereocenters. The molecule has 3 rings (SSSR count). The van der Waals surface area contributed by atoms with Crippen molar-refractivity contribution in [2.24, 2.45) is 13.0 Å². The third-order valence-corrected chi connectivity index (χ3v) is 5.37. The summed E-state index contributed by atoms with van der Waals surface area (Å²) in [6.45, 7) is 8.67. The number of anilines is 1. The molecule has 0 saturated carbocycles. The van der Waals surface area contributed by atoms with Crippen LogP contribution in [0.25, 0.3) is 0 Å². The zero-order chi connectivity index (χ0) is 19.6. The van der Waals surface area contributed by atoms with Crippen LogP contribution in [0.4, 0.5) is 5.69 Å². The van der Waals surface area contributed by atoms with Crippen molar-refractivity contribution in [3.05, 3.63) is 39.6 Å². The number of nitrogens with one attached hydrogen (secondary N) is 1. The first-order chi connectivity index (χ1) is 12.9. The summed E-state index contributed by atoms with van der Waals surface area (Å²) in [6.07, 6.45) is 3.63. The summed E-state index contributed by atoms with van der Waals surface area (Å²) >= 11 is 0. The first-order valence-electron chi connectivity index (χ1n) is 9.47. The lowest BCUT2D eigenvalue weighted by molar-refractivity contribution is -0.122. The lowest BCUT2D eigenvalue weighted by atomic mass is 10.1. The fourth-order valence-electron chi connectivity index (χ4n) is 3.72. The van der Waals surface area contributed by atoms with Crippen LogP contribution in [0, 0.1) is 19.8 Å². The highest BCUT2D eigenvalue weighted by Gasteiger charge is 2.24. The molecular formula is C19H28N6O2. The Kier molecular flexibility index (Phi) is 5.62. The van der Waals surface area contributed by atoms with E-state index < -0.39 is 0 Å². The van der Waals surface area contributed by atoms with Gasteiger partial charge in [0.25, 0.3) is 5.56 Å². The minimum atomic E-state index is -0.111. The molecule has 0 aromatic carbocycles. The maximum absolute atomic E-state index is 12.3. The summed E-state index contributed by atoms with van der Waals surface area (Å²) in [5.74, 6) is 0.349. The molecular weight excluding hydrogens is 344 g/mol. The monoisotopic (exact) mass is 372 g/mol. The number of aromatic nitrogens is 4. The quantitative estimate of drug-likeness (QED) is 0.811. The first-order valence-corrected chi connectivity index (χ1v) is 9.47. The highest BCUT2D eigenvalue weighted by Crippen LogP contribution is 2.21. The molecule has 146 valence electrons. The van der Waals surface area contributed by atoms with Gasteiger partial charge in [0.05, 0.1) is 17.6 Å². The van der Waals surface area contributed by atoms with Crippen LogP contribution in [0.5, 0.6) is 0 Å². The summed E-state index contributed by atoms with van der Waals surface area (Å²) in [5, 5.41) is 11.6. The highest BCUT2D eigenvalue weighted by atomic mass is 16.2. The zero-order valence-corrected chi connectivity index (χ0v) is 16.5. The number of carbonyl (C=O) groups is 1. The van der Waals surface area contributed by atoms with Crippen LogP contribution in [0.2, 0.25) is 0 Å². The van der Waals surface area contributed by atoms with Crippen LogP contribution in [0.15, 0.2) is 17.1 Å². The molecule has 0 radical (unpaired) electrons. The van der Waals surface area contributed by atoms with Gasteiger partial charge in [0.15, 0.2) is 0 Å². The van der Waals surface area contributed by atoms with Crippen molar-refractivity contribution in [2.75, 3.05) is 24.5 Å². The molecule has 0 bridgehead atoms. The van der Waals surface area contributed by atoms with E-state index in [4.69, 9.17) is 0 Å². The van der Waals surface area contributed by atoms with Crippen LogP contribution in [-0.2, 0) is 24.8 Å². The zero-order valence-electron chi connectivity index (χ0n) is 16.5. The topological polar surface area (TPSA) is 85.1 Å². The lowest BCUT2D eigenvalue weighted by Gasteiger charge is -2.18. The van der Waals surface area contributed by atoms with E-state index in [1.165, 1.54) is 10.2 Å². The van der Waals surface area contributed by atoms with Gasteiger partial charge < -0.3 is 10.2 Å². The lowest BCUT2D eigenvalue weighted by Crippen LogP contribution is -2.34. The molecule has 1 fully saturated rings. The number of carbonyl (C=O) groups excluding carboxylic acids is 1. The standard InChI is InChI=1S/C19H28N6O2/c1-5-17-13(2)22-25(14(17)3)12-18(26)20-9-15-6-7-24(11-15)16-8-19(27)23(4)21-10-16/h8,10,15H,5-7,9,11-12H2,1-4H3,(H,20,26). The fourth-order valence-corrected chi connectivity index (χ4v) is 3.72. The van der Waals surface area contributed by atoms with Gasteiger partial charge >= 0.3 is 0 Å². The normalized spacial score (nSPS) is 16.7. The van der Waals surface area contributed by atoms with Crippen molar-refractivity contribution in [1.82, 2.24) is 24.9 Å². The minimum absolute atomic E-state index is 0.0167. The Morgan fingerprint density at radius 2 is 2.15 bits per heavy atom. The summed E-state index contributed by atoms with van der Waals surface area (Å²) in [6, 6.07) is 1.61. The van der Waals surface area contributed by atoms with Gasteiger partial charge in [-0.15, -0.1) is 0 Å². The smallest absolute Gasteiger partial charge is 0.268 e. The maximum atomic E-state index is 12.3. The summed E-state index contributed by atoms with van der Waals surface area (Å²) in [7, 11) is 1.64. The van der Waals surface area contributed by atoms with E-state index >= 15 is 0 Å². The van der Waals surface area contributed by atoms with Crippen LogP contribution in [0.3, 0.4) is 0 Å². The third-order valence-electron chi connectivity index (χ3n) is 5.37. The van der Waals surface area contributed by atoms with Crippen molar-refractivity contribution >= 4 is 11.6 Å².